The minimum Gasteiger partial charge on any atom is -0.293 e. The fourth-order valence-corrected chi connectivity index (χ4v) is 2.75. The van der Waals surface area contributed by atoms with Gasteiger partial charge in [0.25, 0.3) is 0 Å². The molecule has 0 radical (unpaired) electrons. The molecule has 114 valence electrons. The molecule has 0 saturated carbocycles. The predicted molar refractivity (Wildman–Crippen MR) is 88.4 cm³/mol. The van der Waals surface area contributed by atoms with Crippen molar-refractivity contribution in [3.63, 3.8) is 0 Å². The van der Waals surface area contributed by atoms with Gasteiger partial charge in [0.15, 0.2) is 0 Å². The van der Waals surface area contributed by atoms with Crippen LogP contribution < -0.4 is 5.32 Å². The average molecular weight is 361 g/mol. The molecule has 1 aliphatic rings. The molecule has 1 amide bonds. The lowest BCUT2D eigenvalue weighted by Crippen LogP contribution is -2.16. The molecule has 1 N–H and O–H groups in total. The second-order valence-electron chi connectivity index (χ2n) is 5.41. The van der Waals surface area contributed by atoms with Crippen LogP contribution >= 0.6 is 15.9 Å². The summed E-state index contributed by atoms with van der Waals surface area (Å²) in [6, 6.07) is 8.03. The van der Waals surface area contributed by atoms with Crippen molar-refractivity contribution in [1.82, 2.24) is 14.8 Å². The van der Waals surface area contributed by atoms with Gasteiger partial charge in [0.05, 0.1) is 6.54 Å². The van der Waals surface area contributed by atoms with E-state index in [9.17, 15) is 4.79 Å². The third-order valence-electron chi connectivity index (χ3n) is 3.61. The number of rotatable bonds is 5. The number of hydrogen-bond acceptors (Lipinski definition) is 3. The minimum atomic E-state index is -0.0297. The van der Waals surface area contributed by atoms with Crippen LogP contribution in [0.4, 0.5) is 5.95 Å². The summed E-state index contributed by atoms with van der Waals surface area (Å²) in [4.78, 5) is 16.1. The summed E-state index contributed by atoms with van der Waals surface area (Å²) in [7, 11) is 0. The van der Waals surface area contributed by atoms with Gasteiger partial charge in [-0.3, -0.25) is 10.1 Å². The lowest BCUT2D eigenvalue weighted by molar-refractivity contribution is -0.116. The summed E-state index contributed by atoms with van der Waals surface area (Å²) in [5.74, 6) is 0.687. The number of carbonyl (C=O) groups excluding carboxylic acids is 1. The summed E-state index contributed by atoms with van der Waals surface area (Å²) in [5, 5.41) is 7.05. The van der Waals surface area contributed by atoms with E-state index in [1.165, 1.54) is 0 Å². The molecule has 0 spiro atoms. The summed E-state index contributed by atoms with van der Waals surface area (Å²) >= 11 is 3.41. The van der Waals surface area contributed by atoms with Gasteiger partial charge in [-0.05, 0) is 36.5 Å². The highest BCUT2D eigenvalue weighted by Gasteiger charge is 2.15. The molecule has 6 heteroatoms. The standard InChI is InChI=1S/C16H17BrN4O/c17-14-7-5-13(6-8-14)10-21-11-18-16(20-21)19-15(22)9-12-3-1-2-4-12/h1,3,5-8,11-12H,2,4,9-10H2,(H,19,20,22). The van der Waals surface area contributed by atoms with Gasteiger partial charge in [0.2, 0.25) is 11.9 Å². The smallest absolute Gasteiger partial charge is 0.248 e. The van der Waals surface area contributed by atoms with E-state index in [2.05, 4.69) is 43.5 Å². The van der Waals surface area contributed by atoms with Crippen LogP contribution in [0, 0.1) is 5.92 Å². The molecule has 22 heavy (non-hydrogen) atoms. The molecule has 1 unspecified atom stereocenters. The van der Waals surface area contributed by atoms with E-state index in [1.54, 1.807) is 11.0 Å². The zero-order valence-corrected chi connectivity index (χ0v) is 13.7. The molecule has 1 aromatic heterocycles. The van der Waals surface area contributed by atoms with Crippen LogP contribution in [0.2, 0.25) is 0 Å². The molecule has 2 aromatic rings. The van der Waals surface area contributed by atoms with Crippen molar-refractivity contribution >= 4 is 27.8 Å². The van der Waals surface area contributed by atoms with Gasteiger partial charge >= 0.3 is 0 Å². The number of aromatic nitrogens is 3. The molecule has 1 heterocycles. The Morgan fingerprint density at radius 3 is 2.91 bits per heavy atom. The number of carbonyl (C=O) groups is 1. The van der Waals surface area contributed by atoms with Crippen LogP contribution in [0.5, 0.6) is 0 Å². The highest BCUT2D eigenvalue weighted by molar-refractivity contribution is 9.10. The first-order chi connectivity index (χ1) is 10.7. The summed E-state index contributed by atoms with van der Waals surface area (Å²) < 4.78 is 2.76. The Morgan fingerprint density at radius 2 is 2.18 bits per heavy atom. The van der Waals surface area contributed by atoms with Gasteiger partial charge in [-0.25, -0.2) is 9.67 Å². The third kappa shape index (κ3) is 4.04. The van der Waals surface area contributed by atoms with Crippen molar-refractivity contribution in [2.75, 3.05) is 5.32 Å². The lowest BCUT2D eigenvalue weighted by Gasteiger charge is -2.06. The number of hydrogen-bond donors (Lipinski definition) is 1. The van der Waals surface area contributed by atoms with Crippen LogP contribution in [0.15, 0.2) is 47.2 Å². The Labute approximate surface area is 137 Å². The summed E-state index contributed by atoms with van der Waals surface area (Å²) in [5.41, 5.74) is 1.13. The van der Waals surface area contributed by atoms with Gasteiger partial charge in [-0.1, -0.05) is 40.2 Å². The first-order valence-corrected chi connectivity index (χ1v) is 8.09. The van der Waals surface area contributed by atoms with Crippen LogP contribution in [0.25, 0.3) is 0 Å². The normalized spacial score (nSPS) is 16.9. The molecule has 1 aliphatic carbocycles. The molecule has 3 rings (SSSR count). The molecular weight excluding hydrogens is 344 g/mol. The van der Waals surface area contributed by atoms with Crippen LogP contribution in [0.3, 0.4) is 0 Å². The average Bonchev–Trinajstić information content (AvgIpc) is 3.14. The van der Waals surface area contributed by atoms with E-state index < -0.39 is 0 Å². The third-order valence-corrected chi connectivity index (χ3v) is 4.13. The van der Waals surface area contributed by atoms with E-state index in [0.29, 0.717) is 24.8 Å². The maximum atomic E-state index is 11.9. The van der Waals surface area contributed by atoms with Crippen molar-refractivity contribution in [3.05, 3.63) is 52.8 Å². The fraction of sp³-hybridized carbons (Fsp3) is 0.312. The number of benzene rings is 1. The quantitative estimate of drug-likeness (QED) is 0.831. The SMILES string of the molecule is O=C(CC1C=CCC1)Nc1ncn(Cc2ccc(Br)cc2)n1. The van der Waals surface area contributed by atoms with Crippen molar-refractivity contribution in [3.8, 4) is 0 Å². The van der Waals surface area contributed by atoms with Gasteiger partial charge in [-0.15, -0.1) is 5.10 Å². The predicted octanol–water partition coefficient (Wildman–Crippen LogP) is 3.38. The van der Waals surface area contributed by atoms with Gasteiger partial charge in [-0.2, -0.15) is 0 Å². The van der Waals surface area contributed by atoms with Crippen molar-refractivity contribution in [1.29, 1.82) is 0 Å². The molecule has 0 fully saturated rings. The molecule has 5 nitrogen and oxygen atoms in total. The molecule has 0 saturated heterocycles. The number of anilines is 1. The zero-order valence-electron chi connectivity index (χ0n) is 12.1. The van der Waals surface area contributed by atoms with Crippen molar-refractivity contribution in [2.45, 2.75) is 25.8 Å². The second kappa shape index (κ2) is 6.87. The van der Waals surface area contributed by atoms with E-state index in [0.717, 1.165) is 22.9 Å². The highest BCUT2D eigenvalue weighted by Crippen LogP contribution is 2.20. The Balaban J connectivity index is 1.55. The minimum absolute atomic E-state index is 0.0297. The molecule has 0 bridgehead atoms. The van der Waals surface area contributed by atoms with E-state index >= 15 is 0 Å². The number of nitrogens with zero attached hydrogens (tertiary/aromatic N) is 3. The van der Waals surface area contributed by atoms with E-state index in [1.807, 2.05) is 24.3 Å². The Hall–Kier alpha value is -1.95. The number of nitrogens with one attached hydrogen (secondary N) is 1. The summed E-state index contributed by atoms with van der Waals surface area (Å²) in [6.45, 7) is 0.627. The molecule has 1 aromatic carbocycles. The van der Waals surface area contributed by atoms with Crippen LogP contribution in [-0.4, -0.2) is 20.7 Å². The zero-order chi connectivity index (χ0) is 15.4. The highest BCUT2D eigenvalue weighted by atomic mass is 79.9. The van der Waals surface area contributed by atoms with Gasteiger partial charge in [0, 0.05) is 10.9 Å². The fourth-order valence-electron chi connectivity index (χ4n) is 2.48. The van der Waals surface area contributed by atoms with Crippen molar-refractivity contribution in [2.24, 2.45) is 5.92 Å². The molecule has 1 atom stereocenters. The second-order valence-corrected chi connectivity index (χ2v) is 6.33. The Morgan fingerprint density at radius 1 is 1.36 bits per heavy atom. The van der Waals surface area contributed by atoms with Crippen LogP contribution in [-0.2, 0) is 11.3 Å². The number of halogens is 1. The van der Waals surface area contributed by atoms with Crippen LogP contribution in [0.1, 0.15) is 24.8 Å². The Kier molecular flexibility index (Phi) is 4.68. The maximum Gasteiger partial charge on any atom is 0.248 e. The number of amides is 1. The first-order valence-electron chi connectivity index (χ1n) is 7.29. The maximum absolute atomic E-state index is 11.9. The molecule has 0 aliphatic heterocycles. The number of allylic oxidation sites excluding steroid dienone is 2. The van der Waals surface area contributed by atoms with E-state index in [-0.39, 0.29) is 5.91 Å². The lowest BCUT2D eigenvalue weighted by atomic mass is 10.1. The topological polar surface area (TPSA) is 59.8 Å². The van der Waals surface area contributed by atoms with Gasteiger partial charge in [0.1, 0.15) is 6.33 Å². The largest absolute Gasteiger partial charge is 0.293 e. The Bertz CT molecular complexity index is 678. The monoisotopic (exact) mass is 360 g/mol. The summed E-state index contributed by atoms with van der Waals surface area (Å²) in [6.07, 6.45) is 8.49. The van der Waals surface area contributed by atoms with Gasteiger partial charge < -0.3 is 0 Å². The molecular formula is C16H17BrN4O. The van der Waals surface area contributed by atoms with Crippen molar-refractivity contribution < 1.29 is 4.79 Å². The van der Waals surface area contributed by atoms with E-state index in [4.69, 9.17) is 0 Å². The first kappa shape index (κ1) is 15.0.